The van der Waals surface area contributed by atoms with E-state index in [9.17, 15) is 0 Å². The second-order valence-electron chi connectivity index (χ2n) is 2.54. The summed E-state index contributed by atoms with van der Waals surface area (Å²) >= 11 is 0. The topological polar surface area (TPSA) is 61.7 Å². The molecule has 0 fully saturated rings. The van der Waals surface area contributed by atoms with Crippen LogP contribution in [0.25, 0.3) is 6.08 Å². The van der Waals surface area contributed by atoms with Crippen LogP contribution in [-0.2, 0) is 0 Å². The van der Waals surface area contributed by atoms with Gasteiger partial charge in [-0.05, 0) is 12.1 Å². The van der Waals surface area contributed by atoms with Crippen LogP contribution in [0.2, 0.25) is 0 Å². The van der Waals surface area contributed by atoms with E-state index < -0.39 is 0 Å². The molecule has 76 valence electrons. The van der Waals surface area contributed by atoms with Crippen LogP contribution in [0, 0.1) is 0 Å². The van der Waals surface area contributed by atoms with Crippen molar-refractivity contribution >= 4 is 6.08 Å². The summed E-state index contributed by atoms with van der Waals surface area (Å²) in [6.07, 6.45) is 3.74. The molecule has 4 heteroatoms. The van der Waals surface area contributed by atoms with Crippen LogP contribution in [0.5, 0.6) is 5.75 Å². The average Bonchev–Trinajstić information content (AvgIpc) is 2.30. The van der Waals surface area contributed by atoms with E-state index in [0.29, 0.717) is 0 Å². The summed E-state index contributed by atoms with van der Waals surface area (Å²) < 4.78 is 0. The van der Waals surface area contributed by atoms with Gasteiger partial charge < -0.3 is 15.1 Å². The Kier molecular flexibility index (Phi) is 4.54. The molecule has 4 nitrogen and oxygen atoms in total. The summed E-state index contributed by atoms with van der Waals surface area (Å²) in [5.74, 6) is 0.880. The molecule has 1 aliphatic heterocycles. The van der Waals surface area contributed by atoms with Crippen molar-refractivity contribution in [3.63, 3.8) is 0 Å². The number of hydrogen-bond donors (Lipinski definition) is 3. The van der Waals surface area contributed by atoms with Crippen molar-refractivity contribution in [2.24, 2.45) is 0 Å². The number of hydroxylamine groups is 1. The van der Waals surface area contributed by atoms with Crippen molar-refractivity contribution < 1.29 is 15.1 Å². The maximum absolute atomic E-state index is 7.62. The Balaban J connectivity index is 0.000000213. The van der Waals surface area contributed by atoms with Crippen LogP contribution >= 0.6 is 0 Å². The highest BCUT2D eigenvalue weighted by atomic mass is 16.6. The van der Waals surface area contributed by atoms with Crippen LogP contribution in [0.15, 0.2) is 30.5 Å². The lowest BCUT2D eigenvalue weighted by Crippen LogP contribution is -2.13. The van der Waals surface area contributed by atoms with E-state index in [-0.39, 0.29) is 13.2 Å². The molecule has 14 heavy (non-hydrogen) atoms. The summed E-state index contributed by atoms with van der Waals surface area (Å²) in [6, 6.07) is 7.86. The van der Waals surface area contributed by atoms with Crippen LogP contribution in [0.4, 0.5) is 0 Å². The second kappa shape index (κ2) is 6.01. The van der Waals surface area contributed by atoms with Gasteiger partial charge in [0, 0.05) is 11.8 Å². The van der Waals surface area contributed by atoms with E-state index >= 15 is 0 Å². The Morgan fingerprint density at radius 3 is 2.50 bits per heavy atom. The van der Waals surface area contributed by atoms with Gasteiger partial charge in [0.25, 0.3) is 0 Å². The quantitative estimate of drug-likeness (QED) is 0.611. The number of hydrogen-bond acceptors (Lipinski definition) is 4. The minimum atomic E-state index is -0.125. The third-order valence-corrected chi connectivity index (χ3v) is 1.52. The molecule has 2 rings (SSSR count). The molecule has 0 spiro atoms. The van der Waals surface area contributed by atoms with Crippen molar-refractivity contribution in [3.8, 4) is 5.75 Å². The number of fused-ring (bicyclic) bond motifs is 1. The number of rotatable bonds is 1. The Morgan fingerprint density at radius 1 is 1.14 bits per heavy atom. The number of benzene rings is 1. The lowest BCUT2D eigenvalue weighted by Gasteiger charge is -2.11. The van der Waals surface area contributed by atoms with Gasteiger partial charge in [0.15, 0.2) is 5.75 Å². The van der Waals surface area contributed by atoms with Gasteiger partial charge >= 0.3 is 0 Å². The fourth-order valence-electron chi connectivity index (χ4n) is 0.932. The third-order valence-electron chi connectivity index (χ3n) is 1.52. The molecular weight excluding hydrogens is 182 g/mol. The van der Waals surface area contributed by atoms with Crippen molar-refractivity contribution in [2.75, 3.05) is 13.2 Å². The summed E-state index contributed by atoms with van der Waals surface area (Å²) in [5, 5.41) is 15.2. The number of aliphatic hydroxyl groups is 2. The summed E-state index contributed by atoms with van der Waals surface area (Å²) in [6.45, 7) is -0.250. The molecule has 0 atom stereocenters. The molecule has 1 aliphatic rings. The van der Waals surface area contributed by atoms with Crippen LogP contribution in [0.3, 0.4) is 0 Å². The molecule has 0 saturated heterocycles. The van der Waals surface area contributed by atoms with Gasteiger partial charge in [-0.25, -0.2) is 5.48 Å². The summed E-state index contributed by atoms with van der Waals surface area (Å²) in [4.78, 5) is 5.09. The first kappa shape index (κ1) is 10.6. The van der Waals surface area contributed by atoms with Gasteiger partial charge in [0.1, 0.15) is 0 Å². The lowest BCUT2D eigenvalue weighted by atomic mass is 10.2. The molecule has 0 amide bonds. The monoisotopic (exact) mass is 195 g/mol. The highest BCUT2D eigenvalue weighted by Crippen LogP contribution is 2.20. The van der Waals surface area contributed by atoms with Gasteiger partial charge in [-0.3, -0.25) is 0 Å². The van der Waals surface area contributed by atoms with Crippen molar-refractivity contribution in [2.45, 2.75) is 0 Å². The van der Waals surface area contributed by atoms with Crippen LogP contribution in [0.1, 0.15) is 5.56 Å². The average molecular weight is 195 g/mol. The van der Waals surface area contributed by atoms with E-state index in [0.717, 1.165) is 11.3 Å². The standard InChI is InChI=1S/C8H7NO.C2H6O2/c1-2-4-8-7(3-1)5-6-9-10-8;3-1-2-4/h1-6,9H;3-4H,1-2H2. The first-order chi connectivity index (χ1) is 6.88. The highest BCUT2D eigenvalue weighted by Gasteiger charge is 2.01. The minimum Gasteiger partial charge on any atom is -0.394 e. The van der Waals surface area contributed by atoms with Gasteiger partial charge in [0.2, 0.25) is 0 Å². The Morgan fingerprint density at radius 2 is 1.86 bits per heavy atom. The first-order valence-electron chi connectivity index (χ1n) is 4.28. The van der Waals surface area contributed by atoms with E-state index in [4.69, 9.17) is 15.1 Å². The lowest BCUT2D eigenvalue weighted by molar-refractivity contribution is 0.186. The van der Waals surface area contributed by atoms with E-state index in [1.165, 1.54) is 0 Å². The normalized spacial score (nSPS) is 11.6. The summed E-state index contributed by atoms with van der Waals surface area (Å²) in [5.41, 5.74) is 3.77. The predicted octanol–water partition coefficient (Wildman–Crippen LogP) is 0.525. The van der Waals surface area contributed by atoms with Gasteiger partial charge in [-0.1, -0.05) is 18.2 Å². The number of nitrogens with one attached hydrogen (secondary N) is 1. The van der Waals surface area contributed by atoms with E-state index in [1.54, 1.807) is 6.20 Å². The fourth-order valence-corrected chi connectivity index (χ4v) is 0.932. The molecule has 1 heterocycles. The maximum Gasteiger partial charge on any atom is 0.162 e. The molecule has 0 bridgehead atoms. The molecule has 0 saturated carbocycles. The van der Waals surface area contributed by atoms with Gasteiger partial charge in [-0.2, -0.15) is 0 Å². The second-order valence-corrected chi connectivity index (χ2v) is 2.54. The van der Waals surface area contributed by atoms with Crippen molar-refractivity contribution in [1.82, 2.24) is 5.48 Å². The first-order valence-corrected chi connectivity index (χ1v) is 4.28. The Hall–Kier alpha value is -1.52. The Bertz CT molecular complexity index is 297. The molecule has 1 aromatic rings. The van der Waals surface area contributed by atoms with Gasteiger partial charge in [-0.15, -0.1) is 0 Å². The molecule has 3 N–H and O–H groups in total. The fraction of sp³-hybridized carbons (Fsp3) is 0.200. The molecule has 0 aliphatic carbocycles. The van der Waals surface area contributed by atoms with Crippen LogP contribution in [-0.4, -0.2) is 23.4 Å². The SMILES string of the molecule is C1=Cc2ccccc2ON1.OCCO. The van der Waals surface area contributed by atoms with E-state index in [1.807, 2.05) is 30.3 Å². The number of aliphatic hydroxyl groups excluding tert-OH is 2. The molecule has 1 aromatic carbocycles. The minimum absolute atomic E-state index is 0.125. The van der Waals surface area contributed by atoms with Crippen molar-refractivity contribution in [3.05, 3.63) is 36.0 Å². The van der Waals surface area contributed by atoms with Crippen LogP contribution < -0.4 is 10.3 Å². The zero-order valence-electron chi connectivity index (χ0n) is 7.68. The van der Waals surface area contributed by atoms with Gasteiger partial charge in [0.05, 0.1) is 13.2 Å². The van der Waals surface area contributed by atoms with E-state index in [2.05, 4.69) is 5.48 Å². The number of para-hydroxylation sites is 1. The third kappa shape index (κ3) is 3.08. The smallest absolute Gasteiger partial charge is 0.162 e. The summed E-state index contributed by atoms with van der Waals surface area (Å²) in [7, 11) is 0. The predicted molar refractivity (Wildman–Crippen MR) is 53.4 cm³/mol. The molecule has 0 aromatic heterocycles. The van der Waals surface area contributed by atoms with Crippen molar-refractivity contribution in [1.29, 1.82) is 0 Å². The Labute approximate surface area is 82.4 Å². The zero-order chi connectivity index (χ0) is 10.2. The largest absolute Gasteiger partial charge is 0.394 e. The molecular formula is C10H13NO3. The maximum atomic E-state index is 7.62. The highest BCUT2D eigenvalue weighted by molar-refractivity contribution is 5.57. The zero-order valence-corrected chi connectivity index (χ0v) is 7.68. The molecule has 0 radical (unpaired) electrons. The molecule has 0 unspecified atom stereocenters.